The van der Waals surface area contributed by atoms with Crippen molar-refractivity contribution < 1.29 is 5.11 Å². The molecule has 1 aromatic heterocycles. The summed E-state index contributed by atoms with van der Waals surface area (Å²) in [5.41, 5.74) is 5.01. The number of rotatable bonds is 2. The van der Waals surface area contributed by atoms with Crippen molar-refractivity contribution in [3.8, 4) is 0 Å². The van der Waals surface area contributed by atoms with Crippen LogP contribution >= 0.6 is 11.3 Å². The van der Waals surface area contributed by atoms with Crippen LogP contribution in [0, 0.1) is 6.92 Å². The van der Waals surface area contributed by atoms with E-state index in [2.05, 4.69) is 35.4 Å². The molecule has 0 bridgehead atoms. The van der Waals surface area contributed by atoms with Gasteiger partial charge in [-0.15, -0.1) is 11.3 Å². The van der Waals surface area contributed by atoms with E-state index in [0.717, 1.165) is 25.1 Å². The highest BCUT2D eigenvalue weighted by molar-refractivity contribution is 7.10. The lowest BCUT2D eigenvalue weighted by Crippen LogP contribution is -2.29. The van der Waals surface area contributed by atoms with Gasteiger partial charge in [-0.05, 0) is 47.5 Å². The molecule has 2 aromatic rings. The standard InChI is InChI=1S/C15H17NOS/c1-11-8-12(10-17)2-3-14(11)16-6-4-15-13(9-16)5-7-18-15/h2-3,5,7-8,17H,4,6,9-10H2,1H3. The number of aliphatic hydroxyl groups is 1. The first-order valence-corrected chi connectivity index (χ1v) is 7.16. The molecule has 0 saturated carbocycles. The van der Waals surface area contributed by atoms with E-state index in [-0.39, 0.29) is 6.61 Å². The van der Waals surface area contributed by atoms with Gasteiger partial charge >= 0.3 is 0 Å². The van der Waals surface area contributed by atoms with Crippen LogP contribution in [0.3, 0.4) is 0 Å². The Morgan fingerprint density at radius 2 is 2.22 bits per heavy atom. The fraction of sp³-hybridized carbons (Fsp3) is 0.333. The lowest BCUT2D eigenvalue weighted by molar-refractivity contribution is 0.282. The molecule has 0 unspecified atom stereocenters. The van der Waals surface area contributed by atoms with Crippen molar-refractivity contribution in [3.63, 3.8) is 0 Å². The molecule has 0 radical (unpaired) electrons. The molecule has 0 spiro atoms. The summed E-state index contributed by atoms with van der Waals surface area (Å²) in [4.78, 5) is 3.97. The number of thiophene rings is 1. The first-order valence-electron chi connectivity index (χ1n) is 6.28. The Kier molecular flexibility index (Phi) is 3.10. The average Bonchev–Trinajstić information content (AvgIpc) is 2.85. The van der Waals surface area contributed by atoms with Crippen molar-refractivity contribution in [2.45, 2.75) is 26.5 Å². The van der Waals surface area contributed by atoms with Gasteiger partial charge in [-0.2, -0.15) is 0 Å². The van der Waals surface area contributed by atoms with E-state index >= 15 is 0 Å². The van der Waals surface area contributed by atoms with Gasteiger partial charge < -0.3 is 10.0 Å². The second-order valence-electron chi connectivity index (χ2n) is 4.82. The van der Waals surface area contributed by atoms with Gasteiger partial charge in [-0.3, -0.25) is 0 Å². The molecule has 2 heterocycles. The SMILES string of the molecule is Cc1cc(CO)ccc1N1CCc2sccc2C1. The van der Waals surface area contributed by atoms with Crippen LogP contribution in [-0.2, 0) is 19.6 Å². The van der Waals surface area contributed by atoms with Crippen molar-refractivity contribution in [1.29, 1.82) is 0 Å². The van der Waals surface area contributed by atoms with Crippen LogP contribution in [0.15, 0.2) is 29.6 Å². The lowest BCUT2D eigenvalue weighted by Gasteiger charge is -2.30. The molecule has 3 rings (SSSR count). The molecule has 0 atom stereocenters. The summed E-state index contributed by atoms with van der Waals surface area (Å²) >= 11 is 1.87. The van der Waals surface area contributed by atoms with Gasteiger partial charge in [0.25, 0.3) is 0 Å². The molecule has 94 valence electrons. The molecule has 1 aliphatic rings. The summed E-state index contributed by atoms with van der Waals surface area (Å²) in [5, 5.41) is 11.3. The molecule has 3 heteroatoms. The Balaban J connectivity index is 1.88. The van der Waals surface area contributed by atoms with Crippen LogP contribution in [0.5, 0.6) is 0 Å². The van der Waals surface area contributed by atoms with Crippen LogP contribution in [-0.4, -0.2) is 11.7 Å². The zero-order valence-electron chi connectivity index (χ0n) is 10.5. The number of hydrogen-bond donors (Lipinski definition) is 1. The van der Waals surface area contributed by atoms with Crippen LogP contribution in [0.2, 0.25) is 0 Å². The van der Waals surface area contributed by atoms with Gasteiger partial charge in [0.2, 0.25) is 0 Å². The average molecular weight is 259 g/mol. The summed E-state index contributed by atoms with van der Waals surface area (Å²) in [6, 6.07) is 8.48. The molecular weight excluding hydrogens is 242 g/mol. The fourth-order valence-corrected chi connectivity index (χ4v) is 3.51. The summed E-state index contributed by atoms with van der Waals surface area (Å²) < 4.78 is 0. The van der Waals surface area contributed by atoms with Gasteiger partial charge in [-0.25, -0.2) is 0 Å². The molecular formula is C15H17NOS. The van der Waals surface area contributed by atoms with Crippen LogP contribution in [0.4, 0.5) is 5.69 Å². The highest BCUT2D eigenvalue weighted by Gasteiger charge is 2.18. The number of benzene rings is 1. The van der Waals surface area contributed by atoms with Crippen molar-refractivity contribution in [2.75, 3.05) is 11.4 Å². The zero-order valence-corrected chi connectivity index (χ0v) is 11.3. The maximum absolute atomic E-state index is 9.15. The highest BCUT2D eigenvalue weighted by Crippen LogP contribution is 2.29. The van der Waals surface area contributed by atoms with Crippen molar-refractivity contribution in [2.24, 2.45) is 0 Å². The summed E-state index contributed by atoms with van der Waals surface area (Å²) in [7, 11) is 0. The van der Waals surface area contributed by atoms with E-state index in [4.69, 9.17) is 5.11 Å². The predicted molar refractivity (Wildman–Crippen MR) is 76.2 cm³/mol. The van der Waals surface area contributed by atoms with Crippen LogP contribution in [0.25, 0.3) is 0 Å². The molecule has 2 nitrogen and oxygen atoms in total. The quantitative estimate of drug-likeness (QED) is 0.895. The molecule has 18 heavy (non-hydrogen) atoms. The Hall–Kier alpha value is -1.32. The van der Waals surface area contributed by atoms with Gasteiger partial charge in [0.05, 0.1) is 6.61 Å². The summed E-state index contributed by atoms with van der Waals surface area (Å²) in [5.74, 6) is 0. The largest absolute Gasteiger partial charge is 0.392 e. The van der Waals surface area contributed by atoms with Crippen LogP contribution in [0.1, 0.15) is 21.6 Å². The minimum Gasteiger partial charge on any atom is -0.392 e. The molecule has 1 aromatic carbocycles. The highest BCUT2D eigenvalue weighted by atomic mass is 32.1. The fourth-order valence-electron chi connectivity index (χ4n) is 2.62. The van der Waals surface area contributed by atoms with E-state index in [0.29, 0.717) is 0 Å². The molecule has 0 saturated heterocycles. The number of anilines is 1. The number of hydrogen-bond acceptors (Lipinski definition) is 3. The zero-order chi connectivity index (χ0) is 12.5. The Morgan fingerprint density at radius 3 is 3.00 bits per heavy atom. The van der Waals surface area contributed by atoms with Crippen LogP contribution < -0.4 is 4.90 Å². The first kappa shape index (κ1) is 11.8. The second-order valence-corrected chi connectivity index (χ2v) is 5.82. The Bertz CT molecular complexity index is 561. The topological polar surface area (TPSA) is 23.5 Å². The first-order chi connectivity index (χ1) is 8.78. The van der Waals surface area contributed by atoms with E-state index < -0.39 is 0 Å². The third-order valence-corrected chi connectivity index (χ3v) is 4.62. The Labute approximate surface area is 112 Å². The van der Waals surface area contributed by atoms with Crippen molar-refractivity contribution >= 4 is 17.0 Å². The smallest absolute Gasteiger partial charge is 0.0681 e. The van der Waals surface area contributed by atoms with E-state index in [9.17, 15) is 0 Å². The van der Waals surface area contributed by atoms with Crippen molar-refractivity contribution in [3.05, 3.63) is 51.2 Å². The number of aryl methyl sites for hydroxylation is 1. The van der Waals surface area contributed by atoms with Gasteiger partial charge in [-0.1, -0.05) is 12.1 Å². The Morgan fingerprint density at radius 1 is 1.33 bits per heavy atom. The van der Waals surface area contributed by atoms with E-state index in [1.165, 1.54) is 21.7 Å². The number of fused-ring (bicyclic) bond motifs is 1. The van der Waals surface area contributed by atoms with E-state index in [1.807, 2.05) is 17.4 Å². The van der Waals surface area contributed by atoms with Gasteiger partial charge in [0, 0.05) is 23.7 Å². The molecule has 0 amide bonds. The molecule has 1 N–H and O–H groups in total. The van der Waals surface area contributed by atoms with Crippen molar-refractivity contribution in [1.82, 2.24) is 0 Å². The maximum atomic E-state index is 9.15. The summed E-state index contributed by atoms with van der Waals surface area (Å²) in [6.45, 7) is 4.35. The lowest BCUT2D eigenvalue weighted by atomic mass is 10.1. The second kappa shape index (κ2) is 4.75. The monoisotopic (exact) mass is 259 g/mol. The minimum atomic E-state index is 0.121. The molecule has 1 aliphatic heterocycles. The summed E-state index contributed by atoms with van der Waals surface area (Å²) in [6.07, 6.45) is 1.15. The molecule has 0 fully saturated rings. The molecule has 0 aliphatic carbocycles. The predicted octanol–water partition coefficient (Wildman–Crippen LogP) is 3.11. The van der Waals surface area contributed by atoms with Gasteiger partial charge in [0.15, 0.2) is 0 Å². The number of aliphatic hydroxyl groups excluding tert-OH is 1. The third-order valence-electron chi connectivity index (χ3n) is 3.59. The maximum Gasteiger partial charge on any atom is 0.0681 e. The normalized spacial score (nSPS) is 14.7. The minimum absolute atomic E-state index is 0.121. The third kappa shape index (κ3) is 2.04. The number of nitrogens with zero attached hydrogens (tertiary/aromatic N) is 1. The van der Waals surface area contributed by atoms with Gasteiger partial charge in [0.1, 0.15) is 0 Å². The van der Waals surface area contributed by atoms with E-state index in [1.54, 1.807) is 0 Å².